The van der Waals surface area contributed by atoms with Crippen molar-refractivity contribution in [2.24, 2.45) is 0 Å². The topological polar surface area (TPSA) is 99.3 Å². The number of ether oxygens (including phenoxy) is 1. The molecular formula is C22H22N4O4. The number of hydrogen-bond acceptors (Lipinski definition) is 5. The van der Waals surface area contributed by atoms with Crippen LogP contribution in [0.1, 0.15) is 29.7 Å². The molecule has 0 spiro atoms. The van der Waals surface area contributed by atoms with Crippen molar-refractivity contribution >= 4 is 17.9 Å². The Hall–Kier alpha value is -3.52. The highest BCUT2D eigenvalue weighted by Gasteiger charge is 2.52. The molecule has 1 fully saturated rings. The van der Waals surface area contributed by atoms with Gasteiger partial charge in [0.2, 0.25) is 12.2 Å². The minimum absolute atomic E-state index is 0.0435. The summed E-state index contributed by atoms with van der Waals surface area (Å²) in [6.07, 6.45) is 0.802. The van der Waals surface area contributed by atoms with Gasteiger partial charge in [0.15, 0.2) is 0 Å². The van der Waals surface area contributed by atoms with Gasteiger partial charge in [-0.2, -0.15) is 0 Å². The predicted molar refractivity (Wildman–Crippen MR) is 111 cm³/mol. The lowest BCUT2D eigenvalue weighted by molar-refractivity contribution is -0.384. The van der Waals surface area contributed by atoms with Gasteiger partial charge in [0.25, 0.3) is 0 Å². The predicted octanol–water partition coefficient (Wildman–Crippen LogP) is 3.48. The second kappa shape index (κ2) is 8.08. The van der Waals surface area contributed by atoms with E-state index < -0.39 is 10.5 Å². The molecule has 0 radical (unpaired) electrons. The third-order valence-corrected chi connectivity index (χ3v) is 5.60. The third kappa shape index (κ3) is 3.15. The molecule has 0 aliphatic carbocycles. The number of hydrogen-bond donors (Lipinski definition) is 1. The summed E-state index contributed by atoms with van der Waals surface area (Å²) in [6.45, 7) is 2.56. The number of nitrogens with one attached hydrogen (secondary N) is 1. The standard InChI is InChI=1S/C22H22N4O4/c1-2-18-20(26(28)29)21(23-15-27)24-25(18)22(13-30-14-22)19(16-9-5-3-6-10-16)17-11-7-4-8-12-17/h3-12,15,19H,2,13-14H2,1H3,(H,23,24,27). The van der Waals surface area contributed by atoms with Gasteiger partial charge in [-0.1, -0.05) is 67.6 Å². The second-order valence-electron chi connectivity index (χ2n) is 7.28. The van der Waals surface area contributed by atoms with Crippen LogP contribution < -0.4 is 5.32 Å². The van der Waals surface area contributed by atoms with Gasteiger partial charge in [0.1, 0.15) is 11.2 Å². The zero-order chi connectivity index (χ0) is 21.1. The van der Waals surface area contributed by atoms with E-state index in [1.54, 1.807) is 4.68 Å². The summed E-state index contributed by atoms with van der Waals surface area (Å²) in [6, 6.07) is 20.0. The van der Waals surface area contributed by atoms with Gasteiger partial charge in [-0.05, 0) is 17.5 Å². The highest BCUT2D eigenvalue weighted by molar-refractivity contribution is 5.75. The SMILES string of the molecule is CCc1c([N+](=O)[O-])c(NC=O)nn1C1(C(c2ccccc2)c2ccccc2)COC1. The fourth-order valence-corrected chi connectivity index (χ4v) is 4.30. The maximum Gasteiger partial charge on any atom is 0.334 e. The van der Waals surface area contributed by atoms with E-state index in [0.717, 1.165) is 11.1 Å². The molecule has 0 bridgehead atoms. The zero-order valence-corrected chi connectivity index (χ0v) is 16.5. The van der Waals surface area contributed by atoms with E-state index in [1.165, 1.54) is 0 Å². The molecule has 0 unspecified atom stereocenters. The number of anilines is 1. The Balaban J connectivity index is 1.96. The van der Waals surface area contributed by atoms with Crippen LogP contribution in [-0.4, -0.2) is 34.3 Å². The van der Waals surface area contributed by atoms with E-state index in [0.29, 0.717) is 31.7 Å². The van der Waals surface area contributed by atoms with Crippen LogP contribution >= 0.6 is 0 Å². The van der Waals surface area contributed by atoms with Crippen molar-refractivity contribution < 1.29 is 14.5 Å². The molecule has 154 valence electrons. The summed E-state index contributed by atoms with van der Waals surface area (Å²) in [5.74, 6) is -0.180. The highest BCUT2D eigenvalue weighted by Crippen LogP contribution is 2.47. The van der Waals surface area contributed by atoms with Crippen LogP contribution in [-0.2, 0) is 21.5 Å². The van der Waals surface area contributed by atoms with Crippen molar-refractivity contribution in [1.29, 1.82) is 0 Å². The van der Waals surface area contributed by atoms with Crippen molar-refractivity contribution in [3.63, 3.8) is 0 Å². The number of rotatable bonds is 8. The van der Waals surface area contributed by atoms with Crippen molar-refractivity contribution in [2.75, 3.05) is 18.5 Å². The van der Waals surface area contributed by atoms with E-state index in [-0.39, 0.29) is 17.4 Å². The van der Waals surface area contributed by atoms with Gasteiger partial charge in [-0.3, -0.25) is 14.9 Å². The van der Waals surface area contributed by atoms with Gasteiger partial charge in [-0.25, -0.2) is 4.68 Å². The molecule has 0 atom stereocenters. The Morgan fingerprint density at radius 3 is 2.13 bits per heavy atom. The largest absolute Gasteiger partial charge is 0.376 e. The van der Waals surface area contributed by atoms with Gasteiger partial charge >= 0.3 is 5.69 Å². The molecule has 8 heteroatoms. The molecule has 2 heterocycles. The minimum atomic E-state index is -0.651. The smallest absolute Gasteiger partial charge is 0.334 e. The number of carbonyl (C=O) groups is 1. The number of aromatic nitrogens is 2. The van der Waals surface area contributed by atoms with E-state index in [1.807, 2.05) is 67.6 Å². The van der Waals surface area contributed by atoms with E-state index in [4.69, 9.17) is 4.74 Å². The van der Waals surface area contributed by atoms with Crippen LogP contribution in [0.2, 0.25) is 0 Å². The van der Waals surface area contributed by atoms with Crippen molar-refractivity contribution in [1.82, 2.24) is 9.78 Å². The van der Waals surface area contributed by atoms with Gasteiger partial charge < -0.3 is 10.1 Å². The maximum absolute atomic E-state index is 11.8. The monoisotopic (exact) mass is 406 g/mol. The Morgan fingerprint density at radius 1 is 1.17 bits per heavy atom. The fourth-order valence-electron chi connectivity index (χ4n) is 4.30. The lowest BCUT2D eigenvalue weighted by atomic mass is 9.73. The molecule has 1 aliphatic rings. The molecule has 0 saturated carbocycles. The average molecular weight is 406 g/mol. The quantitative estimate of drug-likeness (QED) is 0.351. The molecule has 1 saturated heterocycles. The molecule has 1 amide bonds. The zero-order valence-electron chi connectivity index (χ0n) is 16.5. The number of benzene rings is 2. The third-order valence-electron chi connectivity index (χ3n) is 5.60. The summed E-state index contributed by atoms with van der Waals surface area (Å²) in [4.78, 5) is 22.4. The Morgan fingerprint density at radius 2 is 1.73 bits per heavy atom. The number of nitrogens with zero attached hydrogens (tertiary/aromatic N) is 3. The minimum Gasteiger partial charge on any atom is -0.376 e. The van der Waals surface area contributed by atoms with Gasteiger partial charge in [0.05, 0.1) is 18.1 Å². The van der Waals surface area contributed by atoms with Crippen LogP contribution in [0.5, 0.6) is 0 Å². The highest BCUT2D eigenvalue weighted by atomic mass is 16.6. The first-order valence-electron chi connectivity index (χ1n) is 9.77. The summed E-state index contributed by atoms with van der Waals surface area (Å²) < 4.78 is 7.38. The van der Waals surface area contributed by atoms with Crippen LogP contribution in [0.4, 0.5) is 11.5 Å². The number of amides is 1. The number of nitro groups is 1. The van der Waals surface area contributed by atoms with Crippen molar-refractivity contribution in [3.8, 4) is 0 Å². The molecular weight excluding hydrogens is 384 g/mol. The Labute approximate surface area is 173 Å². The van der Waals surface area contributed by atoms with E-state index in [9.17, 15) is 14.9 Å². The Kier molecular flexibility index (Phi) is 5.33. The van der Waals surface area contributed by atoms with E-state index >= 15 is 0 Å². The van der Waals surface area contributed by atoms with Crippen LogP contribution in [0, 0.1) is 10.1 Å². The summed E-state index contributed by atoms with van der Waals surface area (Å²) >= 11 is 0. The molecule has 2 aromatic carbocycles. The molecule has 1 aliphatic heterocycles. The molecule has 1 aromatic heterocycles. The maximum atomic E-state index is 11.8. The second-order valence-corrected chi connectivity index (χ2v) is 7.28. The van der Waals surface area contributed by atoms with Crippen LogP contribution in [0.3, 0.4) is 0 Å². The fraction of sp³-hybridized carbons (Fsp3) is 0.273. The van der Waals surface area contributed by atoms with Gasteiger partial charge in [0, 0.05) is 5.92 Å². The molecule has 3 aromatic rings. The first-order valence-corrected chi connectivity index (χ1v) is 9.77. The molecule has 8 nitrogen and oxygen atoms in total. The lowest BCUT2D eigenvalue weighted by Gasteiger charge is -2.48. The Bertz CT molecular complexity index is 1010. The van der Waals surface area contributed by atoms with Gasteiger partial charge in [-0.15, -0.1) is 5.10 Å². The number of carbonyl (C=O) groups excluding carboxylic acids is 1. The average Bonchev–Trinajstić information content (AvgIpc) is 3.10. The molecule has 30 heavy (non-hydrogen) atoms. The summed E-state index contributed by atoms with van der Waals surface area (Å²) in [5.41, 5.74) is 1.77. The first-order chi connectivity index (χ1) is 14.6. The van der Waals surface area contributed by atoms with E-state index in [2.05, 4.69) is 10.4 Å². The summed E-state index contributed by atoms with van der Waals surface area (Å²) in [5, 5.41) is 18.7. The first kappa shape index (κ1) is 19.8. The lowest BCUT2D eigenvalue weighted by Crippen LogP contribution is -2.57. The van der Waals surface area contributed by atoms with Crippen LogP contribution in [0.25, 0.3) is 0 Å². The molecule has 1 N–H and O–H groups in total. The summed E-state index contributed by atoms with van der Waals surface area (Å²) in [7, 11) is 0. The van der Waals surface area contributed by atoms with Crippen molar-refractivity contribution in [3.05, 3.63) is 87.6 Å². The normalized spacial score (nSPS) is 14.9. The van der Waals surface area contributed by atoms with Crippen molar-refractivity contribution in [2.45, 2.75) is 24.8 Å². The molecule has 4 rings (SSSR count). The van der Waals surface area contributed by atoms with Crippen LogP contribution in [0.15, 0.2) is 60.7 Å².